The molecule has 1 atom stereocenters. The summed E-state index contributed by atoms with van der Waals surface area (Å²) in [7, 11) is 0. The van der Waals surface area contributed by atoms with Gasteiger partial charge >= 0.3 is 0 Å². The Hall–Kier alpha value is -2.10. The number of hydrogen-bond donors (Lipinski definition) is 2. The molecular weight excluding hydrogens is 236 g/mol. The highest BCUT2D eigenvalue weighted by Crippen LogP contribution is 2.29. The van der Waals surface area contributed by atoms with Crippen LogP contribution in [0.5, 0.6) is 0 Å². The van der Waals surface area contributed by atoms with Crippen LogP contribution in [0.15, 0.2) is 59.2 Å². The number of aryl methyl sites for hydroxylation is 1. The smallest absolute Gasteiger partial charge is 0.101 e. The van der Waals surface area contributed by atoms with Crippen molar-refractivity contribution in [3.05, 3.63) is 71.7 Å². The van der Waals surface area contributed by atoms with E-state index in [4.69, 9.17) is 10.3 Å². The van der Waals surface area contributed by atoms with Crippen molar-refractivity contribution in [2.45, 2.75) is 13.0 Å². The average molecular weight is 252 g/mol. The van der Waals surface area contributed by atoms with Crippen molar-refractivity contribution in [2.75, 3.05) is 0 Å². The first-order valence-corrected chi connectivity index (χ1v) is 6.28. The van der Waals surface area contributed by atoms with Crippen molar-refractivity contribution in [3.8, 4) is 0 Å². The van der Waals surface area contributed by atoms with Crippen LogP contribution in [0.3, 0.4) is 0 Å². The highest BCUT2D eigenvalue weighted by atomic mass is 16.3. The van der Waals surface area contributed by atoms with Gasteiger partial charge in [0.1, 0.15) is 5.76 Å². The molecule has 19 heavy (non-hydrogen) atoms. The Morgan fingerprint density at radius 1 is 1.11 bits per heavy atom. The number of benzene rings is 2. The van der Waals surface area contributed by atoms with Crippen molar-refractivity contribution < 1.29 is 4.42 Å². The lowest BCUT2D eigenvalue weighted by molar-refractivity contribution is 0.526. The summed E-state index contributed by atoms with van der Waals surface area (Å²) >= 11 is 0. The van der Waals surface area contributed by atoms with Crippen LogP contribution in [0.25, 0.3) is 10.8 Å². The summed E-state index contributed by atoms with van der Waals surface area (Å²) in [5.74, 6) is 6.63. The van der Waals surface area contributed by atoms with Gasteiger partial charge in [0, 0.05) is 5.56 Å². The van der Waals surface area contributed by atoms with Gasteiger partial charge in [0.25, 0.3) is 0 Å². The van der Waals surface area contributed by atoms with Crippen LogP contribution in [0.4, 0.5) is 0 Å². The van der Waals surface area contributed by atoms with E-state index in [0.717, 1.165) is 16.9 Å². The zero-order valence-corrected chi connectivity index (χ0v) is 10.8. The molecule has 0 aliphatic carbocycles. The molecule has 0 aliphatic heterocycles. The summed E-state index contributed by atoms with van der Waals surface area (Å²) < 4.78 is 5.39. The maximum absolute atomic E-state index is 5.75. The van der Waals surface area contributed by atoms with E-state index in [2.05, 4.69) is 35.8 Å². The van der Waals surface area contributed by atoms with Gasteiger partial charge in [0.2, 0.25) is 0 Å². The van der Waals surface area contributed by atoms with Crippen LogP contribution in [-0.4, -0.2) is 0 Å². The number of fused-ring (bicyclic) bond motifs is 1. The highest BCUT2D eigenvalue weighted by Gasteiger charge is 2.16. The molecule has 3 rings (SSSR count). The maximum atomic E-state index is 5.75. The predicted molar refractivity (Wildman–Crippen MR) is 76.6 cm³/mol. The SMILES string of the molecule is Cc1cc(C(NN)c2cccc3ccccc23)co1. The van der Waals surface area contributed by atoms with Crippen molar-refractivity contribution in [1.82, 2.24) is 5.43 Å². The van der Waals surface area contributed by atoms with Gasteiger partial charge in [-0.3, -0.25) is 5.84 Å². The van der Waals surface area contributed by atoms with Crippen LogP contribution in [0.1, 0.15) is 22.9 Å². The standard InChI is InChI=1S/C16H16N2O/c1-11-9-13(10-19-11)16(18-17)15-8-4-6-12-5-2-3-7-14(12)15/h2-10,16,18H,17H2,1H3. The molecule has 1 unspecified atom stereocenters. The highest BCUT2D eigenvalue weighted by molar-refractivity contribution is 5.86. The minimum absolute atomic E-state index is 0.0662. The monoisotopic (exact) mass is 252 g/mol. The van der Waals surface area contributed by atoms with Gasteiger partial charge in [0.15, 0.2) is 0 Å². The van der Waals surface area contributed by atoms with Gasteiger partial charge in [-0.25, -0.2) is 5.43 Å². The van der Waals surface area contributed by atoms with Crippen molar-refractivity contribution in [1.29, 1.82) is 0 Å². The lowest BCUT2D eigenvalue weighted by Crippen LogP contribution is -2.28. The number of hydrogen-bond acceptors (Lipinski definition) is 3. The largest absolute Gasteiger partial charge is 0.469 e. The van der Waals surface area contributed by atoms with E-state index in [9.17, 15) is 0 Å². The lowest BCUT2D eigenvalue weighted by Gasteiger charge is -2.17. The molecule has 3 nitrogen and oxygen atoms in total. The Morgan fingerprint density at radius 3 is 2.63 bits per heavy atom. The first-order valence-electron chi connectivity index (χ1n) is 6.28. The first kappa shape index (κ1) is 12.0. The molecular formula is C16H16N2O. The molecule has 0 saturated carbocycles. The molecule has 0 radical (unpaired) electrons. The van der Waals surface area contributed by atoms with Crippen molar-refractivity contribution in [2.24, 2.45) is 5.84 Å². The second-order valence-corrected chi connectivity index (χ2v) is 4.66. The Kier molecular flexibility index (Phi) is 3.07. The fraction of sp³-hybridized carbons (Fsp3) is 0.125. The summed E-state index contributed by atoms with van der Waals surface area (Å²) in [6.07, 6.45) is 1.75. The zero-order chi connectivity index (χ0) is 13.2. The van der Waals surface area contributed by atoms with E-state index in [-0.39, 0.29) is 6.04 Å². The second kappa shape index (κ2) is 4.88. The topological polar surface area (TPSA) is 51.2 Å². The van der Waals surface area contributed by atoms with E-state index < -0.39 is 0 Å². The Morgan fingerprint density at radius 2 is 1.89 bits per heavy atom. The molecule has 0 aliphatic rings. The Balaban J connectivity index is 2.16. The third kappa shape index (κ3) is 2.14. The molecule has 3 N–H and O–H groups in total. The molecule has 0 saturated heterocycles. The molecule has 3 heteroatoms. The van der Waals surface area contributed by atoms with Crippen LogP contribution in [0, 0.1) is 6.92 Å². The maximum Gasteiger partial charge on any atom is 0.101 e. The molecule has 0 spiro atoms. The fourth-order valence-corrected chi connectivity index (χ4v) is 2.48. The van der Waals surface area contributed by atoms with E-state index in [1.54, 1.807) is 6.26 Å². The van der Waals surface area contributed by atoms with E-state index >= 15 is 0 Å². The van der Waals surface area contributed by atoms with Gasteiger partial charge in [-0.1, -0.05) is 42.5 Å². The van der Waals surface area contributed by atoms with Gasteiger partial charge < -0.3 is 4.42 Å². The van der Waals surface area contributed by atoms with Gasteiger partial charge in [-0.05, 0) is 29.3 Å². The molecule has 2 aromatic carbocycles. The number of rotatable bonds is 3. The molecule has 96 valence electrons. The van der Waals surface area contributed by atoms with Crippen LogP contribution in [-0.2, 0) is 0 Å². The van der Waals surface area contributed by atoms with Gasteiger partial charge in [-0.15, -0.1) is 0 Å². The zero-order valence-electron chi connectivity index (χ0n) is 10.8. The second-order valence-electron chi connectivity index (χ2n) is 4.66. The Labute approximate surface area is 112 Å². The normalized spacial score (nSPS) is 12.7. The number of furan rings is 1. The molecule has 0 fully saturated rings. The summed E-state index contributed by atoms with van der Waals surface area (Å²) in [6, 6.07) is 16.5. The number of nitrogens with two attached hydrogens (primary N) is 1. The average Bonchev–Trinajstić information content (AvgIpc) is 2.86. The first-order chi connectivity index (χ1) is 9.29. The molecule has 3 aromatic rings. The van der Waals surface area contributed by atoms with E-state index in [1.165, 1.54) is 10.8 Å². The Bertz CT molecular complexity index is 697. The van der Waals surface area contributed by atoms with Crippen molar-refractivity contribution in [3.63, 3.8) is 0 Å². The summed E-state index contributed by atoms with van der Waals surface area (Å²) in [5.41, 5.74) is 5.07. The predicted octanol–water partition coefficient (Wildman–Crippen LogP) is 3.29. The third-order valence-electron chi connectivity index (χ3n) is 3.39. The minimum atomic E-state index is -0.0662. The van der Waals surface area contributed by atoms with Crippen LogP contribution >= 0.6 is 0 Å². The fourth-order valence-electron chi connectivity index (χ4n) is 2.48. The van der Waals surface area contributed by atoms with E-state index in [1.807, 2.05) is 25.1 Å². The molecule has 0 amide bonds. The van der Waals surface area contributed by atoms with Crippen LogP contribution in [0.2, 0.25) is 0 Å². The minimum Gasteiger partial charge on any atom is -0.469 e. The molecule has 1 aromatic heterocycles. The van der Waals surface area contributed by atoms with Gasteiger partial charge in [-0.2, -0.15) is 0 Å². The molecule has 0 bridgehead atoms. The summed E-state index contributed by atoms with van der Waals surface area (Å²) in [5, 5.41) is 2.41. The van der Waals surface area contributed by atoms with Crippen LogP contribution < -0.4 is 11.3 Å². The van der Waals surface area contributed by atoms with Crippen molar-refractivity contribution >= 4 is 10.8 Å². The quantitative estimate of drug-likeness (QED) is 0.555. The lowest BCUT2D eigenvalue weighted by atomic mass is 9.95. The number of nitrogens with one attached hydrogen (secondary N) is 1. The summed E-state index contributed by atoms with van der Waals surface area (Å²) in [6.45, 7) is 1.93. The van der Waals surface area contributed by atoms with E-state index in [0.29, 0.717) is 0 Å². The number of hydrazine groups is 1. The van der Waals surface area contributed by atoms with Gasteiger partial charge in [0.05, 0.1) is 12.3 Å². The third-order valence-corrected chi connectivity index (χ3v) is 3.39. The summed E-state index contributed by atoms with van der Waals surface area (Å²) in [4.78, 5) is 0. The molecule has 1 heterocycles.